The Morgan fingerprint density at radius 1 is 1.35 bits per heavy atom. The molecule has 0 saturated carbocycles. The van der Waals surface area contributed by atoms with E-state index in [0.717, 1.165) is 32.3 Å². The van der Waals surface area contributed by atoms with Crippen LogP contribution < -0.4 is 4.72 Å². The van der Waals surface area contributed by atoms with E-state index < -0.39 is 10.2 Å². The fourth-order valence-corrected chi connectivity index (χ4v) is 4.36. The van der Waals surface area contributed by atoms with E-state index in [9.17, 15) is 8.42 Å². The summed E-state index contributed by atoms with van der Waals surface area (Å²) in [6.45, 7) is 1.61. The largest absolute Gasteiger partial charge is 0.468 e. The van der Waals surface area contributed by atoms with Gasteiger partial charge in [-0.15, -0.1) is 0 Å². The van der Waals surface area contributed by atoms with Crippen LogP contribution in [0.5, 0.6) is 0 Å². The van der Waals surface area contributed by atoms with Gasteiger partial charge in [-0.2, -0.15) is 17.4 Å². The van der Waals surface area contributed by atoms with E-state index in [1.165, 1.54) is 4.31 Å². The predicted molar refractivity (Wildman–Crippen MR) is 73.3 cm³/mol. The maximum atomic E-state index is 12.4. The third kappa shape index (κ3) is 2.90. The summed E-state index contributed by atoms with van der Waals surface area (Å²) in [5, 5.41) is 0. The van der Waals surface area contributed by atoms with Crippen LogP contribution in [0.3, 0.4) is 0 Å². The number of nitrogens with zero attached hydrogens (tertiary/aromatic N) is 1. The Morgan fingerprint density at radius 2 is 2.25 bits per heavy atom. The lowest BCUT2D eigenvalue weighted by molar-refractivity contribution is 0.114. The summed E-state index contributed by atoms with van der Waals surface area (Å²) in [7, 11) is -3.48. The second-order valence-electron chi connectivity index (χ2n) is 5.27. The molecule has 2 atom stereocenters. The van der Waals surface area contributed by atoms with Gasteiger partial charge in [0.05, 0.1) is 18.4 Å². The first-order valence-electron chi connectivity index (χ1n) is 7.08. The number of hydrogen-bond donors (Lipinski definition) is 1. The van der Waals surface area contributed by atoms with Gasteiger partial charge in [0.1, 0.15) is 5.76 Å². The SMILES string of the molecule is O=S(=O)(NC[C@H]1CCCO1)N1CCC[C@@H]1c1ccco1. The smallest absolute Gasteiger partial charge is 0.280 e. The first kappa shape index (κ1) is 14.1. The zero-order valence-corrected chi connectivity index (χ0v) is 12.1. The van der Waals surface area contributed by atoms with Gasteiger partial charge >= 0.3 is 0 Å². The van der Waals surface area contributed by atoms with Crippen LogP contribution in [0.4, 0.5) is 0 Å². The normalized spacial score (nSPS) is 28.2. The second-order valence-corrected chi connectivity index (χ2v) is 6.98. The van der Waals surface area contributed by atoms with Crippen LogP contribution in [0.2, 0.25) is 0 Å². The average Bonchev–Trinajstić information content (AvgIpc) is 3.16. The highest BCUT2D eigenvalue weighted by Gasteiger charge is 2.36. The van der Waals surface area contributed by atoms with E-state index in [1.807, 2.05) is 6.07 Å². The molecule has 0 aliphatic carbocycles. The summed E-state index contributed by atoms with van der Waals surface area (Å²) < 4.78 is 39.8. The number of nitrogens with one attached hydrogen (secondary N) is 1. The minimum atomic E-state index is -3.48. The van der Waals surface area contributed by atoms with Crippen molar-refractivity contribution in [3.8, 4) is 0 Å². The monoisotopic (exact) mass is 300 g/mol. The van der Waals surface area contributed by atoms with E-state index in [1.54, 1.807) is 12.3 Å². The Bertz CT molecular complexity index is 523. The molecule has 3 rings (SSSR count). The second kappa shape index (κ2) is 5.85. The van der Waals surface area contributed by atoms with Crippen molar-refractivity contribution in [1.82, 2.24) is 9.03 Å². The van der Waals surface area contributed by atoms with Gasteiger partial charge in [-0.1, -0.05) is 0 Å². The summed E-state index contributed by atoms with van der Waals surface area (Å²) in [5.74, 6) is 0.713. The first-order valence-corrected chi connectivity index (χ1v) is 8.52. The van der Waals surface area contributed by atoms with E-state index >= 15 is 0 Å². The van der Waals surface area contributed by atoms with Gasteiger partial charge in [-0.05, 0) is 37.8 Å². The van der Waals surface area contributed by atoms with Gasteiger partial charge in [0.2, 0.25) is 0 Å². The van der Waals surface area contributed by atoms with Crippen molar-refractivity contribution in [2.45, 2.75) is 37.8 Å². The summed E-state index contributed by atoms with van der Waals surface area (Å²) in [6.07, 6.45) is 5.17. The third-order valence-electron chi connectivity index (χ3n) is 3.90. The summed E-state index contributed by atoms with van der Waals surface area (Å²) in [4.78, 5) is 0. The molecule has 3 heterocycles. The van der Waals surface area contributed by atoms with E-state index in [-0.39, 0.29) is 12.1 Å². The van der Waals surface area contributed by atoms with E-state index in [2.05, 4.69) is 4.72 Å². The maximum absolute atomic E-state index is 12.4. The van der Waals surface area contributed by atoms with Gasteiger partial charge in [0.15, 0.2) is 0 Å². The molecule has 0 unspecified atom stereocenters. The fraction of sp³-hybridized carbons (Fsp3) is 0.692. The lowest BCUT2D eigenvalue weighted by atomic mass is 10.2. The molecule has 1 aromatic rings. The summed E-state index contributed by atoms with van der Waals surface area (Å²) in [6, 6.07) is 3.43. The molecule has 112 valence electrons. The van der Waals surface area contributed by atoms with Crippen LogP contribution >= 0.6 is 0 Å². The number of rotatable bonds is 5. The van der Waals surface area contributed by atoms with Crippen molar-refractivity contribution in [3.05, 3.63) is 24.2 Å². The molecule has 0 bridgehead atoms. The molecule has 2 aliphatic rings. The molecular weight excluding hydrogens is 280 g/mol. The molecule has 0 aromatic carbocycles. The molecule has 0 radical (unpaired) electrons. The predicted octanol–water partition coefficient (Wildman–Crippen LogP) is 1.43. The molecule has 20 heavy (non-hydrogen) atoms. The van der Waals surface area contributed by atoms with E-state index in [4.69, 9.17) is 9.15 Å². The van der Waals surface area contributed by atoms with Gasteiger partial charge in [-0.3, -0.25) is 0 Å². The molecule has 2 aliphatic heterocycles. The highest BCUT2D eigenvalue weighted by Crippen LogP contribution is 2.33. The minimum Gasteiger partial charge on any atom is -0.468 e. The van der Waals surface area contributed by atoms with Gasteiger partial charge in [0, 0.05) is 19.7 Å². The van der Waals surface area contributed by atoms with Crippen LogP contribution in [-0.4, -0.2) is 38.5 Å². The van der Waals surface area contributed by atoms with Gasteiger partial charge in [-0.25, -0.2) is 0 Å². The summed E-state index contributed by atoms with van der Waals surface area (Å²) >= 11 is 0. The Balaban J connectivity index is 1.66. The van der Waals surface area contributed by atoms with Crippen molar-refractivity contribution in [1.29, 1.82) is 0 Å². The standard InChI is InChI=1S/C13H20N2O4S/c16-20(17,14-10-11-4-2-8-18-11)15-7-1-5-12(15)13-6-3-9-19-13/h3,6,9,11-12,14H,1-2,4-5,7-8,10H2/t11-,12-/m1/s1. The minimum absolute atomic E-state index is 0.00874. The molecular formula is C13H20N2O4S. The third-order valence-corrected chi connectivity index (χ3v) is 5.49. The lowest BCUT2D eigenvalue weighted by Crippen LogP contribution is -2.43. The van der Waals surface area contributed by atoms with Crippen LogP contribution in [0.15, 0.2) is 22.8 Å². The zero-order chi connectivity index (χ0) is 14.0. The van der Waals surface area contributed by atoms with Gasteiger partial charge in [0.25, 0.3) is 10.2 Å². The van der Waals surface area contributed by atoms with Crippen molar-refractivity contribution in [2.24, 2.45) is 0 Å². The highest BCUT2D eigenvalue weighted by molar-refractivity contribution is 7.87. The Labute approximate surface area is 119 Å². The van der Waals surface area contributed by atoms with E-state index in [0.29, 0.717) is 18.8 Å². The lowest BCUT2D eigenvalue weighted by Gasteiger charge is -2.23. The topological polar surface area (TPSA) is 71.8 Å². The average molecular weight is 300 g/mol. The molecule has 1 N–H and O–H groups in total. The van der Waals surface area contributed by atoms with Crippen LogP contribution in [-0.2, 0) is 14.9 Å². The molecule has 2 saturated heterocycles. The summed E-state index contributed by atoms with van der Waals surface area (Å²) in [5.41, 5.74) is 0. The maximum Gasteiger partial charge on any atom is 0.280 e. The number of ether oxygens (including phenoxy) is 1. The van der Waals surface area contributed by atoms with Crippen LogP contribution in [0.1, 0.15) is 37.5 Å². The number of hydrogen-bond acceptors (Lipinski definition) is 4. The van der Waals surface area contributed by atoms with Crippen molar-refractivity contribution in [2.75, 3.05) is 19.7 Å². The fourth-order valence-electron chi connectivity index (χ4n) is 2.88. The number of furan rings is 1. The molecule has 7 heteroatoms. The molecule has 0 amide bonds. The van der Waals surface area contributed by atoms with Crippen molar-refractivity contribution < 1.29 is 17.6 Å². The quantitative estimate of drug-likeness (QED) is 0.893. The molecule has 2 fully saturated rings. The molecule has 0 spiro atoms. The van der Waals surface area contributed by atoms with Crippen molar-refractivity contribution in [3.63, 3.8) is 0 Å². The van der Waals surface area contributed by atoms with Crippen molar-refractivity contribution >= 4 is 10.2 Å². The molecule has 1 aromatic heterocycles. The van der Waals surface area contributed by atoms with Gasteiger partial charge < -0.3 is 9.15 Å². The zero-order valence-electron chi connectivity index (χ0n) is 11.3. The highest BCUT2D eigenvalue weighted by atomic mass is 32.2. The Hall–Kier alpha value is -0.890. The Morgan fingerprint density at radius 3 is 2.95 bits per heavy atom. The first-order chi connectivity index (χ1) is 9.67. The van der Waals surface area contributed by atoms with Crippen LogP contribution in [0.25, 0.3) is 0 Å². The Kier molecular flexibility index (Phi) is 4.11. The van der Waals surface area contributed by atoms with Crippen LogP contribution in [0, 0.1) is 0 Å². The molecule has 6 nitrogen and oxygen atoms in total.